The van der Waals surface area contributed by atoms with Gasteiger partial charge in [-0.25, -0.2) is 0 Å². The maximum atomic E-state index is 6.14. The lowest BCUT2D eigenvalue weighted by atomic mass is 10.0. The molecular formula is C16H24N3O2. The monoisotopic (exact) mass is 290 g/mol. The van der Waals surface area contributed by atoms with E-state index >= 15 is 0 Å². The Labute approximate surface area is 126 Å². The van der Waals surface area contributed by atoms with Gasteiger partial charge in [-0.15, -0.1) is 0 Å². The summed E-state index contributed by atoms with van der Waals surface area (Å²) < 4.78 is 10.8. The van der Waals surface area contributed by atoms with E-state index in [1.165, 1.54) is 11.4 Å². The quantitative estimate of drug-likeness (QED) is 0.908. The van der Waals surface area contributed by atoms with Crippen LogP contribution in [0.15, 0.2) is 12.1 Å². The van der Waals surface area contributed by atoms with Gasteiger partial charge >= 0.3 is 0 Å². The lowest BCUT2D eigenvalue weighted by Crippen LogP contribution is -2.44. The van der Waals surface area contributed by atoms with Gasteiger partial charge in [-0.05, 0) is 18.9 Å². The van der Waals surface area contributed by atoms with Gasteiger partial charge in [0, 0.05) is 44.4 Å². The van der Waals surface area contributed by atoms with E-state index in [1.807, 2.05) is 6.07 Å². The van der Waals surface area contributed by atoms with Crippen molar-refractivity contribution in [3.8, 4) is 5.75 Å². The average Bonchev–Trinajstić information content (AvgIpc) is 2.55. The molecule has 0 saturated carbocycles. The first-order valence-corrected chi connectivity index (χ1v) is 7.71. The molecule has 2 aliphatic heterocycles. The molecule has 21 heavy (non-hydrogen) atoms. The summed E-state index contributed by atoms with van der Waals surface area (Å²) in [5, 5.41) is 0. The lowest BCUT2D eigenvalue weighted by molar-refractivity contribution is 0.122. The minimum Gasteiger partial charge on any atom is -0.496 e. The molecule has 2 heterocycles. The Bertz CT molecular complexity index is 475. The number of anilines is 2. The van der Waals surface area contributed by atoms with Gasteiger partial charge in [0.15, 0.2) is 0 Å². The molecule has 3 rings (SSSR count). The van der Waals surface area contributed by atoms with Crippen LogP contribution in [0.4, 0.5) is 11.4 Å². The van der Waals surface area contributed by atoms with Crippen molar-refractivity contribution < 1.29 is 9.47 Å². The lowest BCUT2D eigenvalue weighted by Gasteiger charge is -2.37. The number of morpholine rings is 1. The molecule has 1 radical (unpaired) electrons. The molecule has 2 saturated heterocycles. The Balaban J connectivity index is 1.90. The number of hydrogen-bond donors (Lipinski definition) is 1. The third kappa shape index (κ3) is 3.24. The molecule has 1 aromatic carbocycles. The molecule has 5 nitrogen and oxygen atoms in total. The van der Waals surface area contributed by atoms with E-state index in [1.54, 1.807) is 7.11 Å². The van der Waals surface area contributed by atoms with Crippen LogP contribution in [0.25, 0.3) is 0 Å². The summed E-state index contributed by atoms with van der Waals surface area (Å²) in [6.07, 6.45) is 2.26. The van der Waals surface area contributed by atoms with Crippen molar-refractivity contribution in [2.24, 2.45) is 5.73 Å². The van der Waals surface area contributed by atoms with Gasteiger partial charge in [0.2, 0.25) is 0 Å². The van der Waals surface area contributed by atoms with Crippen LogP contribution in [0.2, 0.25) is 0 Å². The zero-order chi connectivity index (χ0) is 14.7. The fraction of sp³-hybridized carbons (Fsp3) is 0.625. The van der Waals surface area contributed by atoms with Crippen molar-refractivity contribution in [1.29, 1.82) is 0 Å². The number of hydrogen-bond acceptors (Lipinski definition) is 5. The Morgan fingerprint density at radius 2 is 2.05 bits per heavy atom. The van der Waals surface area contributed by atoms with E-state index in [2.05, 4.69) is 21.9 Å². The Morgan fingerprint density at radius 1 is 1.24 bits per heavy atom. The molecule has 5 heteroatoms. The van der Waals surface area contributed by atoms with E-state index in [4.69, 9.17) is 15.2 Å². The first-order valence-electron chi connectivity index (χ1n) is 7.71. The molecule has 0 aromatic heterocycles. The SMILES string of the molecule is COc1[c]cc(N2CCC[C@@H](N)C2)c(N2CCOCC2)c1. The summed E-state index contributed by atoms with van der Waals surface area (Å²) in [5.74, 6) is 0.779. The molecule has 1 aromatic rings. The van der Waals surface area contributed by atoms with Gasteiger partial charge in [-0.2, -0.15) is 0 Å². The van der Waals surface area contributed by atoms with Crippen LogP contribution in [0.3, 0.4) is 0 Å². The smallest absolute Gasteiger partial charge is 0.129 e. The van der Waals surface area contributed by atoms with Crippen molar-refractivity contribution in [2.75, 3.05) is 56.3 Å². The number of piperidine rings is 1. The average molecular weight is 290 g/mol. The van der Waals surface area contributed by atoms with Gasteiger partial charge in [0.25, 0.3) is 0 Å². The van der Waals surface area contributed by atoms with Gasteiger partial charge in [-0.1, -0.05) is 0 Å². The first kappa shape index (κ1) is 14.5. The van der Waals surface area contributed by atoms with Gasteiger partial charge in [-0.3, -0.25) is 0 Å². The summed E-state index contributed by atoms with van der Waals surface area (Å²) >= 11 is 0. The molecule has 2 N–H and O–H groups in total. The minimum absolute atomic E-state index is 0.262. The molecule has 1 atom stereocenters. The van der Waals surface area contributed by atoms with E-state index < -0.39 is 0 Å². The van der Waals surface area contributed by atoms with Crippen molar-refractivity contribution in [1.82, 2.24) is 0 Å². The van der Waals surface area contributed by atoms with E-state index in [9.17, 15) is 0 Å². The predicted molar refractivity (Wildman–Crippen MR) is 84.3 cm³/mol. The Morgan fingerprint density at radius 3 is 2.76 bits per heavy atom. The van der Waals surface area contributed by atoms with Crippen LogP contribution < -0.4 is 20.3 Å². The van der Waals surface area contributed by atoms with Crippen molar-refractivity contribution in [3.05, 3.63) is 18.2 Å². The van der Waals surface area contributed by atoms with Crippen molar-refractivity contribution >= 4 is 11.4 Å². The topological polar surface area (TPSA) is 51.0 Å². The third-order valence-electron chi connectivity index (χ3n) is 4.25. The first-order chi connectivity index (χ1) is 10.3. The fourth-order valence-electron chi connectivity index (χ4n) is 3.11. The number of methoxy groups -OCH3 is 1. The highest BCUT2D eigenvalue weighted by molar-refractivity contribution is 5.73. The number of rotatable bonds is 3. The molecule has 0 spiro atoms. The van der Waals surface area contributed by atoms with Crippen LogP contribution in [-0.2, 0) is 4.74 Å². The molecule has 2 fully saturated rings. The van der Waals surface area contributed by atoms with Gasteiger partial charge < -0.3 is 25.0 Å². The summed E-state index contributed by atoms with van der Waals surface area (Å²) in [5.41, 5.74) is 8.56. The molecular weight excluding hydrogens is 266 g/mol. The van der Waals surface area contributed by atoms with Crippen LogP contribution in [0, 0.1) is 6.07 Å². The highest BCUT2D eigenvalue weighted by Gasteiger charge is 2.23. The zero-order valence-corrected chi connectivity index (χ0v) is 12.7. The molecule has 115 valence electrons. The highest BCUT2D eigenvalue weighted by Crippen LogP contribution is 2.34. The predicted octanol–water partition coefficient (Wildman–Crippen LogP) is 1.26. The van der Waals surface area contributed by atoms with Crippen LogP contribution in [0.1, 0.15) is 12.8 Å². The number of ether oxygens (including phenoxy) is 2. The molecule has 0 bridgehead atoms. The molecule has 0 amide bonds. The van der Waals surface area contributed by atoms with Crippen molar-refractivity contribution in [3.63, 3.8) is 0 Å². The van der Waals surface area contributed by atoms with Gasteiger partial charge in [0.1, 0.15) is 5.75 Å². The summed E-state index contributed by atoms with van der Waals surface area (Å²) in [4.78, 5) is 4.75. The minimum atomic E-state index is 0.262. The summed E-state index contributed by atoms with van der Waals surface area (Å²) in [6, 6.07) is 7.61. The van der Waals surface area contributed by atoms with Crippen LogP contribution >= 0.6 is 0 Å². The second-order valence-electron chi connectivity index (χ2n) is 5.72. The second-order valence-corrected chi connectivity index (χ2v) is 5.72. The second kappa shape index (κ2) is 6.54. The zero-order valence-electron chi connectivity index (χ0n) is 12.7. The highest BCUT2D eigenvalue weighted by atomic mass is 16.5. The van der Waals surface area contributed by atoms with E-state index in [0.29, 0.717) is 0 Å². The maximum Gasteiger partial charge on any atom is 0.129 e. The normalized spacial score (nSPS) is 23.2. The number of nitrogens with zero attached hydrogens (tertiary/aromatic N) is 2. The van der Waals surface area contributed by atoms with E-state index in [-0.39, 0.29) is 6.04 Å². The maximum absolute atomic E-state index is 6.14. The standard InChI is InChI=1S/C16H24N3O2/c1-20-14-4-5-15(19-6-2-3-13(17)12-19)16(11-14)18-7-9-21-10-8-18/h5,11,13H,2-3,6-10,12,17H2,1H3/t13-/m1/s1. The largest absolute Gasteiger partial charge is 0.496 e. The number of nitrogens with two attached hydrogens (primary N) is 1. The molecule has 0 unspecified atom stereocenters. The third-order valence-corrected chi connectivity index (χ3v) is 4.25. The molecule has 2 aliphatic rings. The fourth-order valence-corrected chi connectivity index (χ4v) is 3.11. The molecule has 0 aliphatic carbocycles. The Kier molecular flexibility index (Phi) is 4.51. The summed E-state index contributed by atoms with van der Waals surface area (Å²) in [6.45, 7) is 5.36. The van der Waals surface area contributed by atoms with Crippen LogP contribution in [0.5, 0.6) is 5.75 Å². The van der Waals surface area contributed by atoms with Crippen LogP contribution in [-0.4, -0.2) is 52.5 Å². The van der Waals surface area contributed by atoms with Crippen molar-refractivity contribution in [2.45, 2.75) is 18.9 Å². The van der Waals surface area contributed by atoms with E-state index in [0.717, 1.165) is 58.0 Å². The summed E-state index contributed by atoms with van der Waals surface area (Å²) in [7, 11) is 1.69. The van der Waals surface area contributed by atoms with Gasteiger partial charge in [0.05, 0.1) is 31.7 Å². The Hall–Kier alpha value is -1.46. The number of benzene rings is 1.